The van der Waals surface area contributed by atoms with Crippen LogP contribution in [0, 0.1) is 0 Å². The molecule has 16 heavy (non-hydrogen) atoms. The number of rotatable bonds is 4. The van der Waals surface area contributed by atoms with Crippen molar-refractivity contribution >= 4 is 21.6 Å². The highest BCUT2D eigenvalue weighted by atomic mass is 32.2. The molecule has 0 aliphatic carbocycles. The van der Waals surface area contributed by atoms with Crippen molar-refractivity contribution in [3.05, 3.63) is 23.8 Å². The van der Waals surface area contributed by atoms with E-state index in [1.165, 1.54) is 17.8 Å². The molecule has 1 unspecified atom stereocenters. The van der Waals surface area contributed by atoms with Gasteiger partial charge in [-0.3, -0.25) is 0 Å². The zero-order valence-corrected chi connectivity index (χ0v) is 10.8. The molecule has 0 amide bonds. The van der Waals surface area contributed by atoms with Crippen LogP contribution in [0.3, 0.4) is 0 Å². The summed E-state index contributed by atoms with van der Waals surface area (Å²) < 4.78 is 23.1. The van der Waals surface area contributed by atoms with Crippen LogP contribution in [0.2, 0.25) is 0 Å². The standard InChI is InChI=1S/C10H15NO3S2/c1-15-9-4-3-7(8(11)6-12)5-10(9)16(2,13)14/h3-5,8,12H,6,11H2,1-2H3. The van der Waals surface area contributed by atoms with E-state index in [-0.39, 0.29) is 11.5 Å². The minimum Gasteiger partial charge on any atom is -0.394 e. The maximum atomic E-state index is 11.6. The Bertz CT molecular complexity index is 471. The summed E-state index contributed by atoms with van der Waals surface area (Å²) in [6.45, 7) is -0.207. The zero-order valence-electron chi connectivity index (χ0n) is 9.17. The minimum atomic E-state index is -3.27. The van der Waals surface area contributed by atoms with Gasteiger partial charge in [0.2, 0.25) is 0 Å². The largest absolute Gasteiger partial charge is 0.394 e. The Kier molecular flexibility index (Phi) is 4.37. The molecule has 0 saturated carbocycles. The molecule has 0 radical (unpaired) electrons. The van der Waals surface area contributed by atoms with Crippen LogP contribution >= 0.6 is 11.8 Å². The van der Waals surface area contributed by atoms with E-state index >= 15 is 0 Å². The molecule has 0 heterocycles. The zero-order chi connectivity index (χ0) is 12.3. The van der Waals surface area contributed by atoms with Crippen LogP contribution in [-0.2, 0) is 9.84 Å². The Morgan fingerprint density at radius 2 is 2.12 bits per heavy atom. The Labute approximate surface area is 99.8 Å². The first-order valence-corrected chi connectivity index (χ1v) is 7.76. The lowest BCUT2D eigenvalue weighted by Crippen LogP contribution is -2.15. The Morgan fingerprint density at radius 1 is 1.50 bits per heavy atom. The second-order valence-corrected chi connectivity index (χ2v) is 6.30. The van der Waals surface area contributed by atoms with Crippen molar-refractivity contribution < 1.29 is 13.5 Å². The first kappa shape index (κ1) is 13.5. The van der Waals surface area contributed by atoms with Crippen molar-refractivity contribution in [3.8, 4) is 0 Å². The minimum absolute atomic E-state index is 0.207. The number of benzene rings is 1. The maximum Gasteiger partial charge on any atom is 0.176 e. The molecule has 0 aromatic heterocycles. The van der Waals surface area contributed by atoms with Gasteiger partial charge in [0.1, 0.15) is 0 Å². The fraction of sp³-hybridized carbons (Fsp3) is 0.400. The number of hydrogen-bond donors (Lipinski definition) is 2. The molecule has 0 bridgehead atoms. The van der Waals surface area contributed by atoms with E-state index in [2.05, 4.69) is 0 Å². The molecule has 1 aromatic rings. The van der Waals surface area contributed by atoms with Gasteiger partial charge in [-0.2, -0.15) is 0 Å². The third-order valence-corrected chi connectivity index (χ3v) is 4.27. The SMILES string of the molecule is CSc1ccc(C(N)CO)cc1S(C)(=O)=O. The van der Waals surface area contributed by atoms with Crippen molar-refractivity contribution in [1.82, 2.24) is 0 Å². The topological polar surface area (TPSA) is 80.4 Å². The average molecular weight is 261 g/mol. The lowest BCUT2D eigenvalue weighted by Gasteiger charge is -2.12. The van der Waals surface area contributed by atoms with E-state index in [1.54, 1.807) is 12.1 Å². The van der Waals surface area contributed by atoms with Gasteiger partial charge in [-0.05, 0) is 24.0 Å². The predicted molar refractivity (Wildman–Crippen MR) is 65.3 cm³/mol. The van der Waals surface area contributed by atoms with Gasteiger partial charge in [0, 0.05) is 11.2 Å². The lowest BCUT2D eigenvalue weighted by atomic mass is 10.1. The molecule has 4 nitrogen and oxygen atoms in total. The number of aliphatic hydroxyl groups excluding tert-OH is 1. The van der Waals surface area contributed by atoms with Crippen LogP contribution in [0.15, 0.2) is 28.0 Å². The summed E-state index contributed by atoms with van der Waals surface area (Å²) in [5.74, 6) is 0. The number of thioether (sulfide) groups is 1. The molecular weight excluding hydrogens is 246 g/mol. The van der Waals surface area contributed by atoms with Gasteiger partial charge in [-0.1, -0.05) is 6.07 Å². The van der Waals surface area contributed by atoms with Crippen LogP contribution in [0.1, 0.15) is 11.6 Å². The number of sulfone groups is 1. The molecule has 90 valence electrons. The molecule has 0 aliphatic heterocycles. The van der Waals surface area contributed by atoms with Crippen molar-refractivity contribution in [1.29, 1.82) is 0 Å². The Hall–Kier alpha value is -0.560. The van der Waals surface area contributed by atoms with Gasteiger partial charge in [-0.15, -0.1) is 11.8 Å². The van der Waals surface area contributed by atoms with Gasteiger partial charge in [-0.25, -0.2) is 8.42 Å². The summed E-state index contributed by atoms with van der Waals surface area (Å²) in [7, 11) is -3.27. The second-order valence-electron chi connectivity index (χ2n) is 3.47. The Balaban J connectivity index is 3.33. The van der Waals surface area contributed by atoms with Crippen molar-refractivity contribution in [2.24, 2.45) is 5.73 Å². The van der Waals surface area contributed by atoms with E-state index < -0.39 is 15.9 Å². The molecule has 0 spiro atoms. The molecule has 6 heteroatoms. The molecule has 1 rings (SSSR count). The summed E-state index contributed by atoms with van der Waals surface area (Å²) in [6.07, 6.45) is 2.98. The quantitative estimate of drug-likeness (QED) is 0.784. The normalized spacial score (nSPS) is 13.8. The summed E-state index contributed by atoms with van der Waals surface area (Å²) in [5.41, 5.74) is 6.27. The van der Waals surface area contributed by atoms with E-state index in [0.29, 0.717) is 10.5 Å². The molecule has 3 N–H and O–H groups in total. The number of hydrogen-bond acceptors (Lipinski definition) is 5. The second kappa shape index (κ2) is 5.18. The maximum absolute atomic E-state index is 11.6. The highest BCUT2D eigenvalue weighted by Crippen LogP contribution is 2.27. The van der Waals surface area contributed by atoms with Crippen molar-refractivity contribution in [2.45, 2.75) is 15.8 Å². The fourth-order valence-electron chi connectivity index (χ4n) is 1.32. The first-order valence-electron chi connectivity index (χ1n) is 4.64. The third kappa shape index (κ3) is 2.98. The van der Waals surface area contributed by atoms with Gasteiger partial charge in [0.15, 0.2) is 9.84 Å². The molecular formula is C10H15NO3S2. The van der Waals surface area contributed by atoms with E-state index in [1.807, 2.05) is 6.26 Å². The molecule has 0 fully saturated rings. The van der Waals surface area contributed by atoms with Gasteiger partial charge in [0.25, 0.3) is 0 Å². The van der Waals surface area contributed by atoms with Crippen LogP contribution in [0.25, 0.3) is 0 Å². The average Bonchev–Trinajstić information content (AvgIpc) is 2.26. The first-order chi connectivity index (χ1) is 7.40. The molecule has 1 aromatic carbocycles. The van der Waals surface area contributed by atoms with E-state index in [9.17, 15) is 8.42 Å². The van der Waals surface area contributed by atoms with Crippen molar-refractivity contribution in [3.63, 3.8) is 0 Å². The lowest BCUT2D eigenvalue weighted by molar-refractivity contribution is 0.268. The monoisotopic (exact) mass is 261 g/mol. The number of nitrogens with two attached hydrogens (primary N) is 1. The van der Waals surface area contributed by atoms with Crippen LogP contribution in [0.4, 0.5) is 0 Å². The summed E-state index contributed by atoms with van der Waals surface area (Å²) >= 11 is 1.37. The third-order valence-electron chi connectivity index (χ3n) is 2.21. The summed E-state index contributed by atoms with van der Waals surface area (Å²) in [5, 5.41) is 8.93. The van der Waals surface area contributed by atoms with Crippen LogP contribution in [-0.4, -0.2) is 32.6 Å². The summed E-state index contributed by atoms with van der Waals surface area (Å²) in [4.78, 5) is 0.956. The van der Waals surface area contributed by atoms with E-state index in [4.69, 9.17) is 10.8 Å². The number of aliphatic hydroxyl groups is 1. The summed E-state index contributed by atoms with van der Waals surface area (Å²) in [6, 6.07) is 4.44. The molecule has 0 saturated heterocycles. The van der Waals surface area contributed by atoms with Crippen LogP contribution < -0.4 is 5.73 Å². The smallest absolute Gasteiger partial charge is 0.176 e. The van der Waals surface area contributed by atoms with Crippen LogP contribution in [0.5, 0.6) is 0 Å². The highest BCUT2D eigenvalue weighted by molar-refractivity contribution is 7.99. The van der Waals surface area contributed by atoms with Gasteiger partial charge >= 0.3 is 0 Å². The fourth-order valence-corrected chi connectivity index (χ4v) is 3.27. The highest BCUT2D eigenvalue weighted by Gasteiger charge is 2.15. The van der Waals surface area contributed by atoms with E-state index in [0.717, 1.165) is 6.26 Å². The van der Waals surface area contributed by atoms with Crippen molar-refractivity contribution in [2.75, 3.05) is 19.1 Å². The molecule has 1 atom stereocenters. The molecule has 0 aliphatic rings. The Morgan fingerprint density at radius 3 is 2.56 bits per heavy atom. The van der Waals surface area contributed by atoms with Gasteiger partial charge < -0.3 is 10.8 Å². The predicted octanol–water partition coefficient (Wildman–Crippen LogP) is 0.804. The van der Waals surface area contributed by atoms with Gasteiger partial charge in [0.05, 0.1) is 17.5 Å².